The third-order valence-corrected chi connectivity index (χ3v) is 2.33. The number of esters is 1. The number of carbonyl (C=O) groups is 1. The first-order chi connectivity index (χ1) is 6.81. The maximum absolute atomic E-state index is 11.4. The van der Waals surface area contributed by atoms with Crippen molar-refractivity contribution >= 4 is 11.7 Å². The predicted octanol–water partition coefficient (Wildman–Crippen LogP) is 1.83. The van der Waals surface area contributed by atoms with Gasteiger partial charge < -0.3 is 10.1 Å². The third-order valence-electron chi connectivity index (χ3n) is 2.33. The van der Waals surface area contributed by atoms with Gasteiger partial charge in [0.1, 0.15) is 0 Å². The van der Waals surface area contributed by atoms with Gasteiger partial charge in [0.2, 0.25) is 0 Å². The van der Waals surface area contributed by atoms with E-state index in [1.807, 2.05) is 19.1 Å². The number of fused-ring (bicyclic) bond motifs is 1. The van der Waals surface area contributed by atoms with Crippen LogP contribution in [0.4, 0.5) is 5.69 Å². The molecule has 1 aromatic rings. The molecule has 14 heavy (non-hydrogen) atoms. The van der Waals surface area contributed by atoms with E-state index in [0.29, 0.717) is 12.2 Å². The Kier molecular flexibility index (Phi) is 2.39. The SMILES string of the molecule is CCOC(=O)c1ccc2c(c1)CCN2. The zero-order valence-corrected chi connectivity index (χ0v) is 8.17. The Balaban J connectivity index is 2.24. The second kappa shape index (κ2) is 3.70. The van der Waals surface area contributed by atoms with Crippen molar-refractivity contribution in [3.63, 3.8) is 0 Å². The molecular weight excluding hydrogens is 178 g/mol. The van der Waals surface area contributed by atoms with Gasteiger partial charge in [0.15, 0.2) is 0 Å². The van der Waals surface area contributed by atoms with E-state index in [1.54, 1.807) is 6.07 Å². The highest BCUT2D eigenvalue weighted by Crippen LogP contribution is 2.23. The molecule has 0 bridgehead atoms. The van der Waals surface area contributed by atoms with Crippen LogP contribution in [0.15, 0.2) is 18.2 Å². The lowest BCUT2D eigenvalue weighted by Crippen LogP contribution is -2.04. The summed E-state index contributed by atoms with van der Waals surface area (Å²) >= 11 is 0. The molecule has 0 spiro atoms. The first-order valence-corrected chi connectivity index (χ1v) is 4.85. The Hall–Kier alpha value is -1.51. The van der Waals surface area contributed by atoms with Crippen LogP contribution in [-0.2, 0) is 11.2 Å². The molecule has 0 atom stereocenters. The van der Waals surface area contributed by atoms with Crippen molar-refractivity contribution in [3.8, 4) is 0 Å². The molecular formula is C11H13NO2. The molecule has 0 radical (unpaired) electrons. The van der Waals surface area contributed by atoms with Crippen LogP contribution in [0.2, 0.25) is 0 Å². The molecule has 1 aromatic carbocycles. The highest BCUT2D eigenvalue weighted by Gasteiger charge is 2.13. The van der Waals surface area contributed by atoms with Crippen LogP contribution in [0.1, 0.15) is 22.8 Å². The topological polar surface area (TPSA) is 38.3 Å². The predicted molar refractivity (Wildman–Crippen MR) is 54.6 cm³/mol. The number of anilines is 1. The van der Waals surface area contributed by atoms with E-state index in [0.717, 1.165) is 18.7 Å². The summed E-state index contributed by atoms with van der Waals surface area (Å²) in [6, 6.07) is 5.65. The lowest BCUT2D eigenvalue weighted by molar-refractivity contribution is 0.0526. The molecule has 0 aliphatic carbocycles. The van der Waals surface area contributed by atoms with E-state index in [2.05, 4.69) is 5.32 Å². The van der Waals surface area contributed by atoms with Gasteiger partial charge in [-0.2, -0.15) is 0 Å². The van der Waals surface area contributed by atoms with Gasteiger partial charge in [-0.1, -0.05) is 0 Å². The lowest BCUT2D eigenvalue weighted by atomic mass is 10.1. The molecule has 1 aliphatic heterocycles. The molecule has 0 saturated heterocycles. The average Bonchev–Trinajstić information content (AvgIpc) is 2.64. The van der Waals surface area contributed by atoms with Gasteiger partial charge in [0, 0.05) is 12.2 Å². The second-order valence-corrected chi connectivity index (χ2v) is 3.27. The minimum absolute atomic E-state index is 0.234. The van der Waals surface area contributed by atoms with Crippen molar-refractivity contribution in [1.82, 2.24) is 0 Å². The molecule has 1 heterocycles. The maximum atomic E-state index is 11.4. The van der Waals surface area contributed by atoms with Crippen LogP contribution in [0.3, 0.4) is 0 Å². The molecule has 2 rings (SSSR count). The van der Waals surface area contributed by atoms with E-state index < -0.39 is 0 Å². The fraction of sp³-hybridized carbons (Fsp3) is 0.364. The van der Waals surface area contributed by atoms with E-state index in [9.17, 15) is 4.79 Å². The van der Waals surface area contributed by atoms with Crippen LogP contribution < -0.4 is 5.32 Å². The molecule has 1 aliphatic rings. The minimum Gasteiger partial charge on any atom is -0.462 e. The Morgan fingerprint density at radius 3 is 3.21 bits per heavy atom. The molecule has 3 heteroatoms. The van der Waals surface area contributed by atoms with Crippen LogP contribution in [0, 0.1) is 0 Å². The van der Waals surface area contributed by atoms with Gasteiger partial charge >= 0.3 is 5.97 Å². The summed E-state index contributed by atoms with van der Waals surface area (Å²) in [6.07, 6.45) is 0.989. The zero-order chi connectivity index (χ0) is 9.97. The van der Waals surface area contributed by atoms with Gasteiger partial charge in [0.25, 0.3) is 0 Å². The number of nitrogens with one attached hydrogen (secondary N) is 1. The second-order valence-electron chi connectivity index (χ2n) is 3.27. The molecule has 74 valence electrons. The molecule has 1 N–H and O–H groups in total. The fourth-order valence-electron chi connectivity index (χ4n) is 1.65. The maximum Gasteiger partial charge on any atom is 0.338 e. The summed E-state index contributed by atoms with van der Waals surface area (Å²) < 4.78 is 4.93. The Labute approximate surface area is 83.1 Å². The molecule has 3 nitrogen and oxygen atoms in total. The normalized spacial score (nSPS) is 13.2. The standard InChI is InChI=1S/C11H13NO2/c1-2-14-11(13)9-3-4-10-8(7-9)5-6-12-10/h3-4,7,12H,2,5-6H2,1H3. The van der Waals surface area contributed by atoms with Gasteiger partial charge in [-0.3, -0.25) is 0 Å². The highest BCUT2D eigenvalue weighted by atomic mass is 16.5. The summed E-state index contributed by atoms with van der Waals surface area (Å²) in [7, 11) is 0. The number of hydrogen-bond acceptors (Lipinski definition) is 3. The lowest BCUT2D eigenvalue weighted by Gasteiger charge is -2.04. The van der Waals surface area contributed by atoms with Crippen molar-refractivity contribution < 1.29 is 9.53 Å². The largest absolute Gasteiger partial charge is 0.462 e. The van der Waals surface area contributed by atoms with E-state index in [4.69, 9.17) is 4.74 Å². The monoisotopic (exact) mass is 191 g/mol. The molecule has 0 fully saturated rings. The Morgan fingerprint density at radius 1 is 1.57 bits per heavy atom. The summed E-state index contributed by atoms with van der Waals surface area (Å²) in [5, 5.41) is 3.25. The van der Waals surface area contributed by atoms with Crippen LogP contribution in [-0.4, -0.2) is 19.1 Å². The molecule has 0 amide bonds. The first kappa shape index (κ1) is 9.06. The third kappa shape index (κ3) is 1.58. The smallest absolute Gasteiger partial charge is 0.338 e. The van der Waals surface area contributed by atoms with Crippen molar-refractivity contribution in [3.05, 3.63) is 29.3 Å². The number of hydrogen-bond donors (Lipinski definition) is 1. The summed E-state index contributed by atoms with van der Waals surface area (Å²) in [4.78, 5) is 11.4. The highest BCUT2D eigenvalue weighted by molar-refractivity contribution is 5.90. The fourth-order valence-corrected chi connectivity index (χ4v) is 1.65. The van der Waals surface area contributed by atoms with Crippen LogP contribution >= 0.6 is 0 Å². The van der Waals surface area contributed by atoms with Gasteiger partial charge in [-0.05, 0) is 37.1 Å². The first-order valence-electron chi connectivity index (χ1n) is 4.85. The number of rotatable bonds is 2. The molecule has 0 aromatic heterocycles. The van der Waals surface area contributed by atoms with E-state index in [1.165, 1.54) is 5.56 Å². The van der Waals surface area contributed by atoms with Crippen molar-refractivity contribution in [2.45, 2.75) is 13.3 Å². The van der Waals surface area contributed by atoms with E-state index >= 15 is 0 Å². The minimum atomic E-state index is -0.234. The summed E-state index contributed by atoms with van der Waals surface area (Å²) in [5.74, 6) is -0.234. The molecule has 0 saturated carbocycles. The zero-order valence-electron chi connectivity index (χ0n) is 8.17. The summed E-state index contributed by atoms with van der Waals surface area (Å²) in [6.45, 7) is 3.20. The summed E-state index contributed by atoms with van der Waals surface area (Å²) in [5.41, 5.74) is 2.99. The number of carbonyl (C=O) groups excluding carboxylic acids is 1. The van der Waals surface area contributed by atoms with Gasteiger partial charge in [-0.15, -0.1) is 0 Å². The van der Waals surface area contributed by atoms with Crippen LogP contribution in [0.25, 0.3) is 0 Å². The van der Waals surface area contributed by atoms with Gasteiger partial charge in [-0.25, -0.2) is 4.79 Å². The van der Waals surface area contributed by atoms with Crippen molar-refractivity contribution in [2.24, 2.45) is 0 Å². The molecule has 0 unspecified atom stereocenters. The Morgan fingerprint density at radius 2 is 2.43 bits per heavy atom. The number of ether oxygens (including phenoxy) is 1. The number of benzene rings is 1. The van der Waals surface area contributed by atoms with E-state index in [-0.39, 0.29) is 5.97 Å². The van der Waals surface area contributed by atoms with Gasteiger partial charge in [0.05, 0.1) is 12.2 Å². The quantitative estimate of drug-likeness (QED) is 0.725. The Bertz CT molecular complexity index is 360. The average molecular weight is 191 g/mol. The van der Waals surface area contributed by atoms with Crippen molar-refractivity contribution in [1.29, 1.82) is 0 Å². The van der Waals surface area contributed by atoms with Crippen molar-refractivity contribution in [2.75, 3.05) is 18.5 Å². The van der Waals surface area contributed by atoms with Crippen LogP contribution in [0.5, 0.6) is 0 Å².